The first-order valence-corrected chi connectivity index (χ1v) is 5.87. The maximum Gasteiger partial charge on any atom is 0.124 e. The van der Waals surface area contributed by atoms with Gasteiger partial charge in [0.2, 0.25) is 0 Å². The van der Waals surface area contributed by atoms with E-state index >= 15 is 0 Å². The molecule has 0 radical (unpaired) electrons. The Morgan fingerprint density at radius 3 is 2.38 bits per heavy atom. The molecule has 0 aromatic heterocycles. The molecule has 0 saturated heterocycles. The number of benzene rings is 1. The summed E-state index contributed by atoms with van der Waals surface area (Å²) in [7, 11) is 1.64. The van der Waals surface area contributed by atoms with Crippen LogP contribution in [0.5, 0.6) is 5.75 Å². The largest absolute Gasteiger partial charge is 0.496 e. The van der Waals surface area contributed by atoms with Crippen LogP contribution in [-0.4, -0.2) is 18.8 Å². The first-order chi connectivity index (χ1) is 7.51. The molecule has 1 rings (SSSR count). The van der Waals surface area contributed by atoms with Crippen molar-refractivity contribution in [2.24, 2.45) is 0 Å². The van der Waals surface area contributed by atoms with Gasteiger partial charge in [-0.05, 0) is 23.6 Å². The highest BCUT2D eigenvalue weighted by Crippen LogP contribution is 2.36. The van der Waals surface area contributed by atoms with Gasteiger partial charge in [0.05, 0.1) is 7.11 Å². The normalized spacial score (nSPS) is 12.9. The second kappa shape index (κ2) is 5.55. The molecule has 16 heavy (non-hydrogen) atoms. The first-order valence-electron chi connectivity index (χ1n) is 5.49. The Bertz CT molecular complexity index is 361. The zero-order valence-electron chi connectivity index (χ0n) is 10.2. The lowest BCUT2D eigenvalue weighted by atomic mass is 9.89. The third-order valence-corrected chi connectivity index (χ3v) is 2.96. The van der Waals surface area contributed by atoms with E-state index in [4.69, 9.17) is 16.3 Å². The summed E-state index contributed by atoms with van der Waals surface area (Å²) in [5.74, 6) is 1.22. The van der Waals surface area contributed by atoms with Crippen LogP contribution in [0.4, 0.5) is 0 Å². The van der Waals surface area contributed by atoms with E-state index in [9.17, 15) is 5.11 Å². The second-order valence-corrected chi connectivity index (χ2v) is 4.79. The molecule has 1 unspecified atom stereocenters. The molecule has 2 nitrogen and oxygen atoms in total. The fraction of sp³-hybridized carbons (Fsp3) is 0.538. The van der Waals surface area contributed by atoms with Gasteiger partial charge >= 0.3 is 0 Å². The Labute approximate surface area is 102 Å². The number of methoxy groups -OCH3 is 1. The number of aliphatic hydroxyl groups is 1. The number of hydrogen-bond donors (Lipinski definition) is 1. The van der Waals surface area contributed by atoms with Crippen LogP contribution >= 0.6 is 11.6 Å². The molecule has 0 amide bonds. The molecular weight excluding hydrogens is 224 g/mol. The van der Waals surface area contributed by atoms with Crippen LogP contribution in [0.15, 0.2) is 12.1 Å². The van der Waals surface area contributed by atoms with Gasteiger partial charge < -0.3 is 9.84 Å². The van der Waals surface area contributed by atoms with E-state index in [0.717, 1.165) is 16.9 Å². The number of halogens is 1. The van der Waals surface area contributed by atoms with Crippen LogP contribution in [0.1, 0.15) is 43.7 Å². The van der Waals surface area contributed by atoms with E-state index in [1.165, 1.54) is 0 Å². The summed E-state index contributed by atoms with van der Waals surface area (Å²) in [6, 6.07) is 3.74. The Hall–Kier alpha value is -0.730. The van der Waals surface area contributed by atoms with Crippen molar-refractivity contribution < 1.29 is 9.84 Å². The minimum absolute atomic E-state index is 0.0741. The van der Waals surface area contributed by atoms with Gasteiger partial charge in [-0.25, -0.2) is 0 Å². The van der Waals surface area contributed by atoms with E-state index in [1.54, 1.807) is 7.11 Å². The first kappa shape index (κ1) is 13.3. The highest BCUT2D eigenvalue weighted by atomic mass is 35.5. The van der Waals surface area contributed by atoms with Gasteiger partial charge in [-0.2, -0.15) is 0 Å². The lowest BCUT2D eigenvalue weighted by Crippen LogP contribution is -2.06. The van der Waals surface area contributed by atoms with Crippen molar-refractivity contribution in [2.75, 3.05) is 13.7 Å². The van der Waals surface area contributed by atoms with Crippen LogP contribution in [-0.2, 0) is 0 Å². The highest BCUT2D eigenvalue weighted by Gasteiger charge is 2.18. The molecule has 3 heteroatoms. The van der Waals surface area contributed by atoms with Gasteiger partial charge in [-0.3, -0.25) is 0 Å². The molecular formula is C13H19ClO2. The van der Waals surface area contributed by atoms with E-state index in [-0.39, 0.29) is 12.5 Å². The number of ether oxygens (including phenoxy) is 1. The van der Waals surface area contributed by atoms with Crippen LogP contribution in [0, 0.1) is 0 Å². The standard InChI is InChI=1S/C13H19ClO2/c1-8(2)13-11(9(3)7-15)5-10(14)6-12(13)16-4/h5-6,8-9,15H,7H2,1-4H3. The fourth-order valence-corrected chi connectivity index (χ4v) is 2.12. The predicted molar refractivity (Wildman–Crippen MR) is 67.6 cm³/mol. The molecule has 0 fully saturated rings. The van der Waals surface area contributed by atoms with E-state index in [1.807, 2.05) is 19.1 Å². The molecule has 1 aromatic carbocycles. The molecule has 1 atom stereocenters. The number of aliphatic hydroxyl groups excluding tert-OH is 1. The van der Waals surface area contributed by atoms with Crippen LogP contribution in [0.25, 0.3) is 0 Å². The molecule has 1 aromatic rings. The summed E-state index contributed by atoms with van der Waals surface area (Å²) in [6.07, 6.45) is 0. The predicted octanol–water partition coefficient (Wildman–Crippen LogP) is 3.57. The average molecular weight is 243 g/mol. The third-order valence-electron chi connectivity index (χ3n) is 2.74. The van der Waals surface area contributed by atoms with Crippen molar-refractivity contribution >= 4 is 11.6 Å². The van der Waals surface area contributed by atoms with Crippen molar-refractivity contribution in [1.29, 1.82) is 0 Å². The molecule has 0 spiro atoms. The summed E-state index contributed by atoms with van der Waals surface area (Å²) in [6.45, 7) is 6.32. The summed E-state index contributed by atoms with van der Waals surface area (Å²) in [4.78, 5) is 0. The SMILES string of the molecule is COc1cc(Cl)cc(C(C)CO)c1C(C)C. The molecule has 0 aliphatic heterocycles. The Morgan fingerprint density at radius 2 is 1.94 bits per heavy atom. The van der Waals surface area contributed by atoms with Crippen molar-refractivity contribution in [3.63, 3.8) is 0 Å². The monoisotopic (exact) mass is 242 g/mol. The average Bonchev–Trinajstić information content (AvgIpc) is 2.26. The second-order valence-electron chi connectivity index (χ2n) is 4.35. The Morgan fingerprint density at radius 1 is 1.31 bits per heavy atom. The van der Waals surface area contributed by atoms with Gasteiger partial charge in [-0.1, -0.05) is 32.4 Å². The maximum absolute atomic E-state index is 9.27. The summed E-state index contributed by atoms with van der Waals surface area (Å²) in [5, 5.41) is 9.91. The van der Waals surface area contributed by atoms with E-state index in [2.05, 4.69) is 13.8 Å². The van der Waals surface area contributed by atoms with Gasteiger partial charge in [0.25, 0.3) is 0 Å². The lowest BCUT2D eigenvalue weighted by molar-refractivity contribution is 0.272. The Balaban J connectivity index is 3.38. The van der Waals surface area contributed by atoms with E-state index in [0.29, 0.717) is 10.9 Å². The van der Waals surface area contributed by atoms with Gasteiger partial charge in [0.1, 0.15) is 5.75 Å². The van der Waals surface area contributed by atoms with Gasteiger partial charge in [0, 0.05) is 23.1 Å². The highest BCUT2D eigenvalue weighted by molar-refractivity contribution is 6.30. The molecule has 0 bridgehead atoms. The minimum atomic E-state index is 0.0741. The zero-order valence-corrected chi connectivity index (χ0v) is 11.0. The quantitative estimate of drug-likeness (QED) is 0.875. The van der Waals surface area contributed by atoms with Crippen LogP contribution in [0.3, 0.4) is 0 Å². The van der Waals surface area contributed by atoms with Gasteiger partial charge in [0.15, 0.2) is 0 Å². The number of rotatable bonds is 4. The third kappa shape index (κ3) is 2.69. The molecule has 0 aliphatic carbocycles. The van der Waals surface area contributed by atoms with Crippen LogP contribution < -0.4 is 4.74 Å². The maximum atomic E-state index is 9.27. The minimum Gasteiger partial charge on any atom is -0.496 e. The van der Waals surface area contributed by atoms with Gasteiger partial charge in [-0.15, -0.1) is 0 Å². The Kier molecular flexibility index (Phi) is 4.63. The summed E-state index contributed by atoms with van der Waals surface area (Å²) in [5.41, 5.74) is 2.20. The van der Waals surface area contributed by atoms with Crippen molar-refractivity contribution in [1.82, 2.24) is 0 Å². The molecule has 0 saturated carbocycles. The molecule has 0 heterocycles. The van der Waals surface area contributed by atoms with Crippen molar-refractivity contribution in [3.05, 3.63) is 28.3 Å². The van der Waals surface area contributed by atoms with Crippen LogP contribution in [0.2, 0.25) is 5.02 Å². The van der Waals surface area contributed by atoms with E-state index < -0.39 is 0 Å². The lowest BCUT2D eigenvalue weighted by Gasteiger charge is -2.20. The molecule has 90 valence electrons. The topological polar surface area (TPSA) is 29.5 Å². The zero-order chi connectivity index (χ0) is 12.3. The summed E-state index contributed by atoms with van der Waals surface area (Å²) < 4.78 is 5.36. The smallest absolute Gasteiger partial charge is 0.124 e. The fourth-order valence-electron chi connectivity index (χ4n) is 1.91. The molecule has 1 N–H and O–H groups in total. The number of hydrogen-bond acceptors (Lipinski definition) is 2. The van der Waals surface area contributed by atoms with Crippen molar-refractivity contribution in [3.8, 4) is 5.75 Å². The summed E-state index contributed by atoms with van der Waals surface area (Å²) >= 11 is 6.04. The van der Waals surface area contributed by atoms with Crippen molar-refractivity contribution in [2.45, 2.75) is 32.6 Å². The molecule has 0 aliphatic rings.